The molecule has 9 nitrogen and oxygen atoms in total. The molecule has 1 amide bonds. The topological polar surface area (TPSA) is 104 Å². The maximum absolute atomic E-state index is 12.9. The fraction of sp³-hybridized carbons (Fsp3) is 0.556. The molecule has 0 atom stereocenters. The molecule has 2 rings (SSSR count). The SMILES string of the molecule is COCCn1c(=O)n(CC(F)(F)F)c(=O)c2c(C)c(C=NNC(=O)OC(C)(C)C)sc21. The molecular weight excluding hydrogens is 441 g/mol. The molecule has 2 heterocycles. The minimum absolute atomic E-state index is 0.0244. The highest BCUT2D eigenvalue weighted by atomic mass is 32.1. The fourth-order valence-corrected chi connectivity index (χ4v) is 3.87. The van der Waals surface area contributed by atoms with E-state index in [4.69, 9.17) is 9.47 Å². The molecule has 0 fully saturated rings. The van der Waals surface area contributed by atoms with E-state index in [1.807, 2.05) is 0 Å². The van der Waals surface area contributed by atoms with Gasteiger partial charge in [0.15, 0.2) is 0 Å². The number of fused-ring (bicyclic) bond motifs is 1. The number of aromatic nitrogens is 2. The Morgan fingerprint density at radius 3 is 2.42 bits per heavy atom. The Hall–Kier alpha value is -2.67. The summed E-state index contributed by atoms with van der Waals surface area (Å²) in [5, 5.41) is 3.74. The monoisotopic (exact) mass is 464 g/mol. The quantitative estimate of drug-likeness (QED) is 0.523. The van der Waals surface area contributed by atoms with Gasteiger partial charge in [-0.25, -0.2) is 15.0 Å². The Labute approximate surface area is 179 Å². The molecule has 0 spiro atoms. The number of carbonyl (C=O) groups excluding carboxylic acids is 1. The van der Waals surface area contributed by atoms with E-state index in [0.29, 0.717) is 10.4 Å². The van der Waals surface area contributed by atoms with Crippen molar-refractivity contribution in [1.29, 1.82) is 0 Å². The Morgan fingerprint density at radius 1 is 1.23 bits per heavy atom. The molecule has 1 N–H and O–H groups in total. The molecule has 31 heavy (non-hydrogen) atoms. The molecule has 172 valence electrons. The van der Waals surface area contributed by atoms with Crippen LogP contribution in [-0.2, 0) is 22.6 Å². The predicted octanol–water partition coefficient (Wildman–Crippen LogP) is 2.60. The van der Waals surface area contributed by atoms with Crippen LogP contribution in [0.1, 0.15) is 31.2 Å². The summed E-state index contributed by atoms with van der Waals surface area (Å²) < 4.78 is 50.1. The second kappa shape index (κ2) is 9.22. The molecule has 0 aliphatic carbocycles. The Morgan fingerprint density at radius 2 is 1.87 bits per heavy atom. The van der Waals surface area contributed by atoms with E-state index in [2.05, 4.69) is 10.5 Å². The zero-order valence-electron chi connectivity index (χ0n) is 17.6. The highest BCUT2D eigenvalue weighted by molar-refractivity contribution is 7.20. The Kier molecular flexibility index (Phi) is 7.32. The molecule has 0 radical (unpaired) electrons. The summed E-state index contributed by atoms with van der Waals surface area (Å²) in [6.45, 7) is 4.87. The third-order valence-electron chi connectivity index (χ3n) is 3.92. The van der Waals surface area contributed by atoms with Gasteiger partial charge >= 0.3 is 18.0 Å². The van der Waals surface area contributed by atoms with Gasteiger partial charge in [-0.05, 0) is 33.3 Å². The molecule has 0 saturated heterocycles. The molecule has 0 saturated carbocycles. The molecule has 0 aromatic carbocycles. The molecule has 0 unspecified atom stereocenters. The number of hydrazone groups is 1. The van der Waals surface area contributed by atoms with Gasteiger partial charge in [0.1, 0.15) is 17.0 Å². The highest BCUT2D eigenvalue weighted by Gasteiger charge is 2.31. The summed E-state index contributed by atoms with van der Waals surface area (Å²) in [7, 11) is 1.38. The number of methoxy groups -OCH3 is 1. The van der Waals surface area contributed by atoms with Gasteiger partial charge in [-0.1, -0.05) is 0 Å². The van der Waals surface area contributed by atoms with Crippen LogP contribution in [0.5, 0.6) is 0 Å². The number of nitrogens with one attached hydrogen (secondary N) is 1. The predicted molar refractivity (Wildman–Crippen MR) is 110 cm³/mol. The van der Waals surface area contributed by atoms with E-state index >= 15 is 0 Å². The van der Waals surface area contributed by atoms with Gasteiger partial charge in [0.2, 0.25) is 0 Å². The van der Waals surface area contributed by atoms with E-state index in [0.717, 1.165) is 15.9 Å². The van der Waals surface area contributed by atoms with Gasteiger partial charge in [-0.2, -0.15) is 18.3 Å². The zero-order valence-corrected chi connectivity index (χ0v) is 18.4. The lowest BCUT2D eigenvalue weighted by molar-refractivity contribution is -0.141. The molecule has 13 heteroatoms. The standard InChI is InChI=1S/C18H23F3N4O5S/c1-10-11(8-22-23-15(27)30-17(2,3)4)31-14-12(10)13(26)25(9-18(19,20)21)16(28)24(14)6-7-29-5/h8H,6-7,9H2,1-5H3,(H,23,27). The van der Waals surface area contributed by atoms with Crippen LogP contribution in [0.2, 0.25) is 0 Å². The van der Waals surface area contributed by atoms with E-state index in [9.17, 15) is 27.6 Å². The maximum atomic E-state index is 12.9. The van der Waals surface area contributed by atoms with Crippen molar-refractivity contribution >= 4 is 33.9 Å². The molecule has 2 aromatic rings. The number of ether oxygens (including phenoxy) is 2. The van der Waals surface area contributed by atoms with Crippen molar-refractivity contribution < 1.29 is 27.4 Å². The van der Waals surface area contributed by atoms with Crippen molar-refractivity contribution in [3.8, 4) is 0 Å². The maximum Gasteiger partial charge on any atom is 0.428 e. The van der Waals surface area contributed by atoms with Crippen molar-refractivity contribution in [3.63, 3.8) is 0 Å². The summed E-state index contributed by atoms with van der Waals surface area (Å²) in [5.74, 6) is 0. The second-order valence-corrected chi connectivity index (χ2v) is 8.61. The van der Waals surface area contributed by atoms with Crippen LogP contribution in [0.25, 0.3) is 10.2 Å². The largest absolute Gasteiger partial charge is 0.443 e. The summed E-state index contributed by atoms with van der Waals surface area (Å²) >= 11 is 0.992. The van der Waals surface area contributed by atoms with Crippen LogP contribution in [0.3, 0.4) is 0 Å². The number of hydrogen-bond donors (Lipinski definition) is 1. The van der Waals surface area contributed by atoms with E-state index in [1.165, 1.54) is 20.2 Å². The first-order valence-corrected chi connectivity index (χ1v) is 9.91. The second-order valence-electron chi connectivity index (χ2n) is 7.58. The number of carbonyl (C=O) groups is 1. The lowest BCUT2D eigenvalue weighted by Gasteiger charge is -2.18. The van der Waals surface area contributed by atoms with Gasteiger partial charge in [-0.3, -0.25) is 13.9 Å². The number of amides is 1. The van der Waals surface area contributed by atoms with Crippen LogP contribution in [0.4, 0.5) is 18.0 Å². The van der Waals surface area contributed by atoms with Crippen LogP contribution in [0, 0.1) is 6.92 Å². The summed E-state index contributed by atoms with van der Waals surface area (Å²) in [4.78, 5) is 37.6. The minimum Gasteiger partial charge on any atom is -0.443 e. The molecule has 0 aliphatic rings. The van der Waals surface area contributed by atoms with E-state index in [-0.39, 0.29) is 27.9 Å². The van der Waals surface area contributed by atoms with E-state index in [1.54, 1.807) is 20.8 Å². The number of hydrogen-bond acceptors (Lipinski definition) is 7. The Bertz CT molecular complexity index is 1110. The van der Waals surface area contributed by atoms with Crippen LogP contribution >= 0.6 is 11.3 Å². The number of halogens is 3. The Balaban J connectivity index is 2.55. The van der Waals surface area contributed by atoms with Crippen molar-refractivity contribution in [2.24, 2.45) is 5.10 Å². The third-order valence-corrected chi connectivity index (χ3v) is 5.17. The average molecular weight is 464 g/mol. The molecular formula is C18H23F3N4O5S. The van der Waals surface area contributed by atoms with Crippen LogP contribution < -0.4 is 16.7 Å². The highest BCUT2D eigenvalue weighted by Crippen LogP contribution is 2.27. The number of aryl methyl sites for hydroxylation is 1. The molecule has 2 aromatic heterocycles. The molecule has 0 bridgehead atoms. The molecule has 0 aliphatic heterocycles. The summed E-state index contributed by atoms with van der Waals surface area (Å²) in [6.07, 6.45) is -4.31. The number of rotatable bonds is 6. The number of thiophene rings is 1. The fourth-order valence-electron chi connectivity index (χ4n) is 2.68. The minimum atomic E-state index is -4.75. The smallest absolute Gasteiger partial charge is 0.428 e. The van der Waals surface area contributed by atoms with Crippen molar-refractivity contribution in [3.05, 3.63) is 31.3 Å². The van der Waals surface area contributed by atoms with Crippen LogP contribution in [-0.4, -0.2) is 46.9 Å². The van der Waals surface area contributed by atoms with Gasteiger partial charge < -0.3 is 9.47 Å². The normalized spacial score (nSPS) is 12.6. The lowest BCUT2D eigenvalue weighted by Crippen LogP contribution is -2.43. The number of nitrogens with zero attached hydrogens (tertiary/aromatic N) is 3. The first-order valence-electron chi connectivity index (χ1n) is 9.09. The lowest BCUT2D eigenvalue weighted by atomic mass is 10.2. The first kappa shape index (κ1) is 24.6. The van der Waals surface area contributed by atoms with Crippen LogP contribution in [0.15, 0.2) is 14.7 Å². The van der Waals surface area contributed by atoms with Crippen molar-refractivity contribution in [1.82, 2.24) is 14.6 Å². The van der Waals surface area contributed by atoms with Gasteiger partial charge in [0.05, 0.1) is 29.6 Å². The zero-order chi connectivity index (χ0) is 23.6. The van der Waals surface area contributed by atoms with Gasteiger partial charge in [-0.15, -0.1) is 11.3 Å². The number of alkyl halides is 3. The van der Waals surface area contributed by atoms with Crippen molar-refractivity contribution in [2.75, 3.05) is 13.7 Å². The third kappa shape index (κ3) is 6.17. The van der Waals surface area contributed by atoms with Gasteiger partial charge in [0.25, 0.3) is 5.56 Å². The van der Waals surface area contributed by atoms with Crippen molar-refractivity contribution in [2.45, 2.75) is 52.6 Å². The summed E-state index contributed by atoms with van der Waals surface area (Å²) in [6, 6.07) is 0. The van der Waals surface area contributed by atoms with E-state index < -0.39 is 35.7 Å². The first-order chi connectivity index (χ1) is 14.2. The van der Waals surface area contributed by atoms with Gasteiger partial charge in [0, 0.05) is 7.11 Å². The summed E-state index contributed by atoms with van der Waals surface area (Å²) in [5.41, 5.74) is -0.344. The average Bonchev–Trinajstić information content (AvgIpc) is 2.93.